The Bertz CT molecular complexity index is 457. The summed E-state index contributed by atoms with van der Waals surface area (Å²) in [5, 5.41) is 7.07. The fourth-order valence-electron chi connectivity index (χ4n) is 2.43. The highest BCUT2D eigenvalue weighted by Gasteiger charge is 2.33. The van der Waals surface area contributed by atoms with E-state index in [1.165, 1.54) is 0 Å². The summed E-state index contributed by atoms with van der Waals surface area (Å²) in [6, 6.07) is 7.77. The van der Waals surface area contributed by atoms with Crippen LogP contribution in [-0.2, 0) is 10.2 Å². The number of rotatable bonds is 3. The van der Waals surface area contributed by atoms with Crippen LogP contribution < -0.4 is 10.6 Å². The minimum atomic E-state index is -0.615. The second-order valence-corrected chi connectivity index (χ2v) is 6.03. The molecule has 1 fully saturated rings. The number of carbonyl (C=O) groups excluding carboxylic acids is 1. The van der Waals surface area contributed by atoms with Gasteiger partial charge in [-0.3, -0.25) is 4.79 Å². The fourth-order valence-corrected chi connectivity index (χ4v) is 2.80. The van der Waals surface area contributed by atoms with E-state index in [0.717, 1.165) is 31.5 Å². The van der Waals surface area contributed by atoms with E-state index >= 15 is 0 Å². The van der Waals surface area contributed by atoms with E-state index in [0.29, 0.717) is 5.02 Å². The Morgan fingerprint density at radius 3 is 2.70 bits per heavy atom. The zero-order valence-corrected chi connectivity index (χ0v) is 13.5. The molecular weight excluding hydrogens is 295 g/mol. The van der Waals surface area contributed by atoms with Crippen molar-refractivity contribution in [2.75, 3.05) is 13.1 Å². The Kier molecular flexibility index (Phi) is 6.31. The highest BCUT2D eigenvalue weighted by Crippen LogP contribution is 2.30. The molecule has 0 bridgehead atoms. The van der Waals surface area contributed by atoms with Gasteiger partial charge in [-0.15, -0.1) is 12.4 Å². The zero-order chi connectivity index (χ0) is 13.9. The quantitative estimate of drug-likeness (QED) is 0.900. The molecule has 1 heterocycles. The predicted molar refractivity (Wildman–Crippen MR) is 85.8 cm³/mol. The molecule has 0 saturated carbocycles. The lowest BCUT2D eigenvalue weighted by molar-refractivity contribution is -0.126. The Hall–Kier alpha value is -0.770. The number of amides is 1. The second-order valence-electron chi connectivity index (χ2n) is 5.62. The fraction of sp³-hybridized carbons (Fsp3) is 0.533. The Balaban J connectivity index is 0.00000200. The molecular formula is C15H22Cl2N2O. The summed E-state index contributed by atoms with van der Waals surface area (Å²) >= 11 is 6.20. The molecule has 20 heavy (non-hydrogen) atoms. The summed E-state index contributed by atoms with van der Waals surface area (Å²) in [5.74, 6) is 0.0364. The van der Waals surface area contributed by atoms with Crippen LogP contribution in [0.1, 0.15) is 32.3 Å². The van der Waals surface area contributed by atoms with Crippen LogP contribution in [0.2, 0.25) is 5.02 Å². The molecule has 5 heteroatoms. The lowest BCUT2D eigenvalue weighted by Crippen LogP contribution is -2.50. The molecule has 2 N–H and O–H groups in total. The maximum atomic E-state index is 12.5. The van der Waals surface area contributed by atoms with Gasteiger partial charge in [0.15, 0.2) is 0 Å². The summed E-state index contributed by atoms with van der Waals surface area (Å²) < 4.78 is 0. The van der Waals surface area contributed by atoms with Crippen LogP contribution in [-0.4, -0.2) is 25.0 Å². The van der Waals surface area contributed by atoms with Crippen molar-refractivity contribution in [2.45, 2.75) is 38.1 Å². The van der Waals surface area contributed by atoms with Gasteiger partial charge in [0.2, 0.25) is 5.91 Å². The van der Waals surface area contributed by atoms with Crippen molar-refractivity contribution in [3.05, 3.63) is 34.9 Å². The molecule has 1 aliphatic heterocycles. The molecule has 0 unspecified atom stereocenters. The van der Waals surface area contributed by atoms with Crippen LogP contribution in [0.25, 0.3) is 0 Å². The molecule has 0 aliphatic carbocycles. The van der Waals surface area contributed by atoms with E-state index in [-0.39, 0.29) is 24.4 Å². The number of piperidine rings is 1. The number of halogens is 2. The van der Waals surface area contributed by atoms with E-state index in [1.807, 2.05) is 38.1 Å². The first-order valence-corrected chi connectivity index (χ1v) is 7.16. The lowest BCUT2D eigenvalue weighted by atomic mass is 9.83. The van der Waals surface area contributed by atoms with Crippen molar-refractivity contribution in [2.24, 2.45) is 0 Å². The molecule has 1 aromatic rings. The van der Waals surface area contributed by atoms with Gasteiger partial charge in [-0.05, 0) is 44.9 Å². The van der Waals surface area contributed by atoms with Gasteiger partial charge in [-0.2, -0.15) is 0 Å². The first-order chi connectivity index (χ1) is 9.01. The van der Waals surface area contributed by atoms with Crippen LogP contribution in [0.3, 0.4) is 0 Å². The topological polar surface area (TPSA) is 41.1 Å². The molecule has 2 rings (SSSR count). The van der Waals surface area contributed by atoms with E-state index in [4.69, 9.17) is 11.6 Å². The summed E-state index contributed by atoms with van der Waals surface area (Å²) in [6.45, 7) is 5.73. The van der Waals surface area contributed by atoms with Crippen molar-refractivity contribution >= 4 is 29.9 Å². The van der Waals surface area contributed by atoms with Crippen molar-refractivity contribution in [1.82, 2.24) is 10.6 Å². The van der Waals surface area contributed by atoms with Crippen LogP contribution in [0.5, 0.6) is 0 Å². The van der Waals surface area contributed by atoms with E-state index in [2.05, 4.69) is 10.6 Å². The van der Waals surface area contributed by atoms with Crippen molar-refractivity contribution in [3.63, 3.8) is 0 Å². The third-order valence-electron chi connectivity index (χ3n) is 3.75. The highest BCUT2D eigenvalue weighted by atomic mass is 35.5. The maximum absolute atomic E-state index is 12.5. The van der Waals surface area contributed by atoms with Gasteiger partial charge in [0, 0.05) is 17.6 Å². The first-order valence-electron chi connectivity index (χ1n) is 6.78. The Morgan fingerprint density at radius 1 is 1.40 bits per heavy atom. The standard InChI is InChI=1S/C15H21ClN2O.ClH/c1-15(2,12-7-3-4-8-13(12)16)14(19)18-11-6-5-9-17-10-11;/h3-4,7-8,11,17H,5-6,9-10H2,1-2H3,(H,18,19);1H/t11-;/m0./s1. The van der Waals surface area contributed by atoms with Crippen molar-refractivity contribution in [1.29, 1.82) is 0 Å². The van der Waals surface area contributed by atoms with Gasteiger partial charge < -0.3 is 10.6 Å². The monoisotopic (exact) mass is 316 g/mol. The van der Waals surface area contributed by atoms with Gasteiger partial charge in [-0.1, -0.05) is 29.8 Å². The molecule has 1 aliphatic rings. The van der Waals surface area contributed by atoms with Crippen molar-refractivity contribution in [3.8, 4) is 0 Å². The number of benzene rings is 1. The first kappa shape index (κ1) is 17.3. The minimum absolute atomic E-state index is 0. The molecule has 0 spiro atoms. The van der Waals surface area contributed by atoms with Crippen LogP contribution in [0, 0.1) is 0 Å². The maximum Gasteiger partial charge on any atom is 0.230 e. The van der Waals surface area contributed by atoms with Crippen LogP contribution in [0.4, 0.5) is 0 Å². The number of nitrogens with one attached hydrogen (secondary N) is 2. The van der Waals surface area contributed by atoms with E-state index in [1.54, 1.807) is 0 Å². The smallest absolute Gasteiger partial charge is 0.230 e. The van der Waals surface area contributed by atoms with Gasteiger partial charge >= 0.3 is 0 Å². The molecule has 3 nitrogen and oxygen atoms in total. The summed E-state index contributed by atoms with van der Waals surface area (Å²) in [4.78, 5) is 12.5. The third-order valence-corrected chi connectivity index (χ3v) is 4.08. The SMILES string of the molecule is CC(C)(C(=O)N[C@H]1CCCNC1)c1ccccc1Cl.Cl. The van der Waals surface area contributed by atoms with Gasteiger partial charge in [0.05, 0.1) is 5.41 Å². The van der Waals surface area contributed by atoms with Crippen molar-refractivity contribution < 1.29 is 4.79 Å². The average Bonchev–Trinajstić information content (AvgIpc) is 2.40. The summed E-state index contributed by atoms with van der Waals surface area (Å²) in [6.07, 6.45) is 2.15. The Morgan fingerprint density at radius 2 is 2.10 bits per heavy atom. The predicted octanol–water partition coefficient (Wildman–Crippen LogP) is 2.91. The minimum Gasteiger partial charge on any atom is -0.351 e. The molecule has 1 atom stereocenters. The normalized spacial score (nSPS) is 19.1. The molecule has 0 radical (unpaired) electrons. The lowest BCUT2D eigenvalue weighted by Gasteiger charge is -2.30. The van der Waals surface area contributed by atoms with Crippen LogP contribution >= 0.6 is 24.0 Å². The number of hydrogen-bond acceptors (Lipinski definition) is 2. The largest absolute Gasteiger partial charge is 0.351 e. The summed E-state index contributed by atoms with van der Waals surface area (Å²) in [7, 11) is 0. The molecule has 1 aromatic carbocycles. The van der Waals surface area contributed by atoms with Gasteiger partial charge in [0.1, 0.15) is 0 Å². The highest BCUT2D eigenvalue weighted by molar-refractivity contribution is 6.31. The molecule has 112 valence electrons. The summed E-state index contributed by atoms with van der Waals surface area (Å²) in [5.41, 5.74) is 0.258. The van der Waals surface area contributed by atoms with E-state index in [9.17, 15) is 4.79 Å². The average molecular weight is 317 g/mol. The number of hydrogen-bond donors (Lipinski definition) is 2. The molecule has 1 saturated heterocycles. The zero-order valence-electron chi connectivity index (χ0n) is 11.9. The van der Waals surface area contributed by atoms with Crippen LogP contribution in [0.15, 0.2) is 24.3 Å². The Labute approximate surface area is 131 Å². The van der Waals surface area contributed by atoms with Gasteiger partial charge in [-0.25, -0.2) is 0 Å². The van der Waals surface area contributed by atoms with E-state index < -0.39 is 5.41 Å². The molecule has 0 aromatic heterocycles. The van der Waals surface area contributed by atoms with Gasteiger partial charge in [0.25, 0.3) is 0 Å². The molecule has 1 amide bonds. The third kappa shape index (κ3) is 3.87. The second kappa shape index (κ2) is 7.30. The number of carbonyl (C=O) groups is 1.